The van der Waals surface area contributed by atoms with Crippen LogP contribution in [-0.2, 0) is 9.63 Å². The van der Waals surface area contributed by atoms with Gasteiger partial charge in [0, 0.05) is 0 Å². The molecular formula is C14H20N2O2. The van der Waals surface area contributed by atoms with Gasteiger partial charge in [-0.2, -0.15) is 0 Å². The van der Waals surface area contributed by atoms with Gasteiger partial charge >= 0.3 is 5.97 Å². The zero-order valence-electron chi connectivity index (χ0n) is 10.5. The van der Waals surface area contributed by atoms with Gasteiger partial charge in [0.2, 0.25) is 0 Å². The van der Waals surface area contributed by atoms with E-state index in [1.165, 1.54) is 32.1 Å². The van der Waals surface area contributed by atoms with E-state index in [2.05, 4.69) is 5.16 Å². The molecule has 5 aliphatic rings. The molecule has 0 saturated heterocycles. The van der Waals surface area contributed by atoms with Crippen molar-refractivity contribution < 1.29 is 9.63 Å². The van der Waals surface area contributed by atoms with Gasteiger partial charge in [-0.3, -0.25) is 0 Å². The fraction of sp³-hybridized carbons (Fsp3) is 0.857. The molecule has 5 rings (SSSR count). The lowest BCUT2D eigenvalue weighted by Crippen LogP contribution is -2.54. The molecule has 4 saturated carbocycles. The third kappa shape index (κ3) is 1.54. The van der Waals surface area contributed by atoms with Crippen molar-refractivity contribution in [2.24, 2.45) is 40.5 Å². The molecule has 98 valence electrons. The molecule has 0 aromatic rings. The summed E-state index contributed by atoms with van der Waals surface area (Å²) in [4.78, 5) is 15.9. The number of carbonyl (C=O) groups is 1. The summed E-state index contributed by atoms with van der Waals surface area (Å²) in [6.45, 7) is 0. The zero-order valence-corrected chi connectivity index (χ0v) is 10.5. The summed E-state index contributed by atoms with van der Waals surface area (Å²) in [6, 6.07) is -0.0496. The second-order valence-electron chi connectivity index (χ2n) is 6.76. The molecule has 1 heterocycles. The second kappa shape index (κ2) is 3.80. The van der Waals surface area contributed by atoms with E-state index < -0.39 is 0 Å². The van der Waals surface area contributed by atoms with Crippen molar-refractivity contribution in [2.45, 2.75) is 44.6 Å². The molecule has 4 aliphatic carbocycles. The summed E-state index contributed by atoms with van der Waals surface area (Å²) in [5.41, 5.74) is 7.19. The Labute approximate surface area is 107 Å². The first kappa shape index (κ1) is 11.0. The van der Waals surface area contributed by atoms with Crippen LogP contribution in [0.5, 0.6) is 0 Å². The lowest BCUT2D eigenvalue weighted by Gasteiger charge is -2.55. The van der Waals surface area contributed by atoms with Crippen molar-refractivity contribution in [3.8, 4) is 0 Å². The van der Waals surface area contributed by atoms with Crippen molar-refractivity contribution >= 4 is 11.7 Å². The quantitative estimate of drug-likeness (QED) is 0.756. The summed E-state index contributed by atoms with van der Waals surface area (Å²) >= 11 is 0. The molecular weight excluding hydrogens is 228 g/mol. The van der Waals surface area contributed by atoms with Crippen LogP contribution in [0.15, 0.2) is 5.16 Å². The standard InChI is InChI=1S/C14H20N2O2/c15-14(11-6-12(17)18-16-11)13-9-2-7-1-8(4-9)5-10(13)3-7/h7-10,13-14H,1-6,15H2. The summed E-state index contributed by atoms with van der Waals surface area (Å²) in [5.74, 6) is 3.76. The van der Waals surface area contributed by atoms with Crippen LogP contribution in [0, 0.1) is 29.6 Å². The van der Waals surface area contributed by atoms with Crippen LogP contribution >= 0.6 is 0 Å². The maximum atomic E-state index is 11.2. The minimum atomic E-state index is -0.246. The Morgan fingerprint density at radius 1 is 1.11 bits per heavy atom. The Hall–Kier alpha value is -0.900. The number of oxime groups is 1. The lowest BCUT2D eigenvalue weighted by molar-refractivity contribution is -0.140. The molecule has 18 heavy (non-hydrogen) atoms. The maximum Gasteiger partial charge on any atom is 0.340 e. The van der Waals surface area contributed by atoms with Crippen molar-refractivity contribution in [2.75, 3.05) is 0 Å². The highest BCUT2D eigenvalue weighted by Gasteiger charge is 2.51. The van der Waals surface area contributed by atoms with E-state index in [-0.39, 0.29) is 12.0 Å². The SMILES string of the molecule is NC(C1=NOC(=O)C1)C1C2CC3CC(C2)CC1C3. The van der Waals surface area contributed by atoms with Crippen molar-refractivity contribution in [3.63, 3.8) is 0 Å². The minimum Gasteiger partial charge on any atom is -0.323 e. The van der Waals surface area contributed by atoms with Gasteiger partial charge in [0.05, 0.1) is 18.2 Å². The van der Waals surface area contributed by atoms with Crippen molar-refractivity contribution in [3.05, 3.63) is 0 Å². The Morgan fingerprint density at radius 3 is 2.22 bits per heavy atom. The molecule has 0 aromatic carbocycles. The molecule has 4 fully saturated rings. The van der Waals surface area contributed by atoms with E-state index in [1.807, 2.05) is 0 Å². The summed E-state index contributed by atoms with van der Waals surface area (Å²) in [6.07, 6.45) is 7.18. The predicted molar refractivity (Wildman–Crippen MR) is 66.7 cm³/mol. The van der Waals surface area contributed by atoms with Crippen LogP contribution in [-0.4, -0.2) is 17.7 Å². The first-order valence-electron chi connectivity index (χ1n) is 7.23. The van der Waals surface area contributed by atoms with Crippen LogP contribution in [0.25, 0.3) is 0 Å². The first-order valence-corrected chi connectivity index (χ1v) is 7.23. The molecule has 1 aliphatic heterocycles. The van der Waals surface area contributed by atoms with E-state index in [4.69, 9.17) is 10.6 Å². The van der Waals surface area contributed by atoms with Gasteiger partial charge in [0.25, 0.3) is 0 Å². The Balaban J connectivity index is 1.56. The fourth-order valence-electron chi connectivity index (χ4n) is 5.28. The topological polar surface area (TPSA) is 64.7 Å². The molecule has 4 heteroatoms. The second-order valence-corrected chi connectivity index (χ2v) is 6.76. The number of carbonyl (C=O) groups excluding carboxylic acids is 1. The van der Waals surface area contributed by atoms with Crippen LogP contribution < -0.4 is 5.73 Å². The Bertz CT molecular complexity index is 390. The fourth-order valence-corrected chi connectivity index (χ4v) is 5.28. The third-order valence-corrected chi connectivity index (χ3v) is 5.69. The lowest BCUT2D eigenvalue weighted by atomic mass is 9.50. The van der Waals surface area contributed by atoms with Crippen LogP contribution in [0.2, 0.25) is 0 Å². The van der Waals surface area contributed by atoms with Gasteiger partial charge in [0.1, 0.15) is 0 Å². The number of hydrogen-bond donors (Lipinski definition) is 1. The number of nitrogens with zero attached hydrogens (tertiary/aromatic N) is 1. The molecule has 0 amide bonds. The van der Waals surface area contributed by atoms with Crippen LogP contribution in [0.1, 0.15) is 38.5 Å². The van der Waals surface area contributed by atoms with Crippen LogP contribution in [0.3, 0.4) is 0 Å². The summed E-state index contributed by atoms with van der Waals surface area (Å²) < 4.78 is 0. The van der Waals surface area contributed by atoms with Gasteiger partial charge in [-0.05, 0) is 61.7 Å². The smallest absolute Gasteiger partial charge is 0.323 e. The van der Waals surface area contributed by atoms with E-state index in [0.717, 1.165) is 29.4 Å². The zero-order chi connectivity index (χ0) is 12.3. The molecule has 2 N–H and O–H groups in total. The van der Waals surface area contributed by atoms with E-state index in [9.17, 15) is 4.79 Å². The van der Waals surface area contributed by atoms with Gasteiger partial charge in [0.15, 0.2) is 0 Å². The van der Waals surface area contributed by atoms with E-state index >= 15 is 0 Å². The van der Waals surface area contributed by atoms with Gasteiger partial charge in [-0.15, -0.1) is 0 Å². The van der Waals surface area contributed by atoms with Crippen molar-refractivity contribution in [1.29, 1.82) is 0 Å². The Morgan fingerprint density at radius 2 is 1.72 bits per heavy atom. The number of nitrogens with two attached hydrogens (primary N) is 1. The van der Waals surface area contributed by atoms with E-state index in [0.29, 0.717) is 12.3 Å². The number of hydrogen-bond acceptors (Lipinski definition) is 4. The minimum absolute atomic E-state index is 0.0496. The van der Waals surface area contributed by atoms with Gasteiger partial charge < -0.3 is 10.6 Å². The molecule has 0 spiro atoms. The molecule has 0 radical (unpaired) electrons. The molecule has 1 atom stereocenters. The highest BCUT2D eigenvalue weighted by molar-refractivity contribution is 6.04. The van der Waals surface area contributed by atoms with Crippen molar-refractivity contribution in [1.82, 2.24) is 0 Å². The first-order chi connectivity index (χ1) is 8.70. The Kier molecular flexibility index (Phi) is 2.31. The monoisotopic (exact) mass is 248 g/mol. The highest BCUT2D eigenvalue weighted by atomic mass is 16.7. The maximum absolute atomic E-state index is 11.2. The number of rotatable bonds is 2. The molecule has 0 aromatic heterocycles. The van der Waals surface area contributed by atoms with E-state index in [1.54, 1.807) is 0 Å². The van der Waals surface area contributed by atoms with Gasteiger partial charge in [-0.25, -0.2) is 4.79 Å². The largest absolute Gasteiger partial charge is 0.340 e. The predicted octanol–water partition coefficient (Wildman–Crippen LogP) is 1.69. The summed E-state index contributed by atoms with van der Waals surface area (Å²) in [5, 5.41) is 3.89. The molecule has 4 bridgehead atoms. The highest BCUT2D eigenvalue weighted by Crippen LogP contribution is 2.57. The third-order valence-electron chi connectivity index (χ3n) is 5.69. The average Bonchev–Trinajstić information content (AvgIpc) is 2.74. The average molecular weight is 248 g/mol. The van der Waals surface area contributed by atoms with Crippen LogP contribution in [0.4, 0.5) is 0 Å². The summed E-state index contributed by atoms with van der Waals surface area (Å²) in [7, 11) is 0. The molecule has 1 unspecified atom stereocenters. The molecule has 4 nitrogen and oxygen atoms in total. The van der Waals surface area contributed by atoms with Gasteiger partial charge in [-0.1, -0.05) is 5.16 Å². The normalized spacial score (nSPS) is 47.1.